The van der Waals surface area contributed by atoms with Gasteiger partial charge >= 0.3 is 0 Å². The number of rotatable bonds is 9. The maximum absolute atomic E-state index is 5.95. The zero-order valence-corrected chi connectivity index (χ0v) is 18.7. The summed E-state index contributed by atoms with van der Waals surface area (Å²) in [6, 6.07) is 27.0. The Hall–Kier alpha value is -2.17. The highest BCUT2D eigenvalue weighted by Gasteiger charge is 2.23. The van der Waals surface area contributed by atoms with E-state index in [-0.39, 0.29) is 0 Å². The van der Waals surface area contributed by atoms with Crippen molar-refractivity contribution in [3.63, 3.8) is 0 Å². The lowest BCUT2D eigenvalue weighted by molar-refractivity contribution is 0.340. The van der Waals surface area contributed by atoms with Crippen LogP contribution < -0.4 is 14.7 Å². The zero-order valence-electron chi connectivity index (χ0n) is 16.9. The number of para-hydroxylation sites is 1. The molecule has 3 rings (SSSR count). The first-order chi connectivity index (χ1) is 13.6. The topological polar surface area (TPSA) is 18.5 Å². The second-order valence-corrected chi connectivity index (χ2v) is 13.6. The summed E-state index contributed by atoms with van der Waals surface area (Å²) in [5.74, 6) is 3.72. The minimum Gasteiger partial charge on any atom is -0.494 e. The van der Waals surface area contributed by atoms with E-state index in [1.165, 1.54) is 16.1 Å². The van der Waals surface area contributed by atoms with Crippen LogP contribution >= 0.6 is 11.8 Å². The molecule has 0 saturated carbocycles. The van der Waals surface area contributed by atoms with Gasteiger partial charge in [0.05, 0.1) is 14.7 Å². The van der Waals surface area contributed by atoms with E-state index in [1.54, 1.807) is 0 Å². The number of hydrogen-bond donors (Lipinski definition) is 0. The predicted molar refractivity (Wildman–Crippen MR) is 124 cm³/mol. The van der Waals surface area contributed by atoms with Crippen molar-refractivity contribution < 1.29 is 9.47 Å². The Morgan fingerprint density at radius 1 is 0.786 bits per heavy atom. The highest BCUT2D eigenvalue weighted by atomic mass is 32.2. The van der Waals surface area contributed by atoms with Gasteiger partial charge in [-0.25, -0.2) is 0 Å². The molecule has 146 valence electrons. The first kappa shape index (κ1) is 20.6. The van der Waals surface area contributed by atoms with Crippen molar-refractivity contribution in [2.75, 3.05) is 12.0 Å². The van der Waals surface area contributed by atoms with Crippen LogP contribution in [0.15, 0.2) is 78.9 Å². The van der Waals surface area contributed by atoms with E-state index in [0.717, 1.165) is 23.0 Å². The molecule has 0 spiro atoms. The van der Waals surface area contributed by atoms with E-state index < -0.39 is 8.07 Å². The maximum Gasteiger partial charge on any atom is 0.127 e. The van der Waals surface area contributed by atoms with Gasteiger partial charge in [0, 0.05) is 5.75 Å². The van der Waals surface area contributed by atoms with E-state index >= 15 is 0 Å². The second kappa shape index (κ2) is 9.85. The quantitative estimate of drug-likeness (QED) is 0.389. The fraction of sp³-hybridized carbons (Fsp3) is 0.250. The van der Waals surface area contributed by atoms with Crippen LogP contribution in [0.5, 0.6) is 17.2 Å². The van der Waals surface area contributed by atoms with Gasteiger partial charge in [0.15, 0.2) is 0 Å². The Labute approximate surface area is 173 Å². The van der Waals surface area contributed by atoms with Crippen molar-refractivity contribution in [3.05, 3.63) is 84.4 Å². The van der Waals surface area contributed by atoms with Crippen molar-refractivity contribution in [3.8, 4) is 17.2 Å². The minimum atomic E-state index is -1.48. The van der Waals surface area contributed by atoms with Crippen LogP contribution in [0.2, 0.25) is 13.1 Å². The van der Waals surface area contributed by atoms with Crippen LogP contribution in [-0.2, 0) is 5.75 Å². The summed E-state index contributed by atoms with van der Waals surface area (Å²) in [7, 11) is -1.48. The van der Waals surface area contributed by atoms with Crippen LogP contribution in [-0.4, -0.2) is 20.1 Å². The fourth-order valence-electron chi connectivity index (χ4n) is 3.00. The van der Waals surface area contributed by atoms with E-state index in [2.05, 4.69) is 55.6 Å². The average Bonchev–Trinajstić information content (AvgIpc) is 2.70. The van der Waals surface area contributed by atoms with Gasteiger partial charge in [0.25, 0.3) is 0 Å². The molecule has 0 aliphatic rings. The third-order valence-corrected chi connectivity index (χ3v) is 10.7. The van der Waals surface area contributed by atoms with E-state index in [9.17, 15) is 0 Å². The third kappa shape index (κ3) is 5.91. The summed E-state index contributed by atoms with van der Waals surface area (Å²) in [5.41, 5.74) is 1.30. The highest BCUT2D eigenvalue weighted by molar-refractivity contribution is 8.00. The molecule has 0 fully saturated rings. The number of hydrogen-bond acceptors (Lipinski definition) is 3. The molecule has 28 heavy (non-hydrogen) atoms. The maximum atomic E-state index is 5.95. The molecule has 0 heterocycles. The molecule has 0 unspecified atom stereocenters. The molecule has 0 atom stereocenters. The molecular formula is C24H28O2SSi. The molecule has 4 heteroatoms. The summed E-state index contributed by atoms with van der Waals surface area (Å²) in [6.07, 6.45) is 0. The van der Waals surface area contributed by atoms with Crippen molar-refractivity contribution in [1.29, 1.82) is 0 Å². The van der Waals surface area contributed by atoms with Crippen LogP contribution in [0.4, 0.5) is 0 Å². The molecule has 0 aliphatic heterocycles. The predicted octanol–water partition coefficient (Wildman–Crippen LogP) is 6.27. The number of benzene rings is 3. The lowest BCUT2D eigenvalue weighted by atomic mass is 10.2. The lowest BCUT2D eigenvalue weighted by Crippen LogP contribution is -2.44. The van der Waals surface area contributed by atoms with Crippen molar-refractivity contribution in [1.82, 2.24) is 0 Å². The Balaban J connectivity index is 1.55. The molecule has 0 aliphatic carbocycles. The smallest absolute Gasteiger partial charge is 0.127 e. The molecule has 3 aromatic rings. The second-order valence-electron chi connectivity index (χ2n) is 7.40. The van der Waals surface area contributed by atoms with E-state index in [1.807, 2.05) is 55.1 Å². The van der Waals surface area contributed by atoms with Gasteiger partial charge in [-0.15, -0.1) is 0 Å². The normalized spacial score (nSPS) is 11.2. The first-order valence-electron chi connectivity index (χ1n) is 9.70. The number of ether oxygens (including phenoxy) is 2. The van der Waals surface area contributed by atoms with Gasteiger partial charge in [0.1, 0.15) is 17.2 Å². The molecule has 0 N–H and O–H groups in total. The van der Waals surface area contributed by atoms with Crippen molar-refractivity contribution in [2.24, 2.45) is 0 Å². The molecule has 0 radical (unpaired) electrons. The van der Waals surface area contributed by atoms with Gasteiger partial charge in [-0.2, -0.15) is 11.8 Å². The van der Waals surface area contributed by atoms with Gasteiger partial charge in [0.2, 0.25) is 0 Å². The molecule has 0 amide bonds. The van der Waals surface area contributed by atoms with Gasteiger partial charge < -0.3 is 9.47 Å². The Morgan fingerprint density at radius 2 is 1.50 bits per heavy atom. The molecule has 2 nitrogen and oxygen atoms in total. The summed E-state index contributed by atoms with van der Waals surface area (Å²) in [5, 5.41) is 2.66. The summed E-state index contributed by atoms with van der Waals surface area (Å²) in [4.78, 5) is 0. The fourth-order valence-corrected chi connectivity index (χ4v) is 7.60. The largest absolute Gasteiger partial charge is 0.494 e. The Bertz CT molecular complexity index is 863. The third-order valence-electron chi connectivity index (χ3n) is 4.56. The average molecular weight is 409 g/mol. The monoisotopic (exact) mass is 408 g/mol. The van der Waals surface area contributed by atoms with Crippen LogP contribution in [0.25, 0.3) is 0 Å². The van der Waals surface area contributed by atoms with Crippen LogP contribution in [0, 0.1) is 0 Å². The standard InChI is InChI=1S/C24H28O2SSi/c1-4-25-21-13-15-24(16-14-21)28(2,3)19-27-18-20-9-8-12-23(17-20)26-22-10-6-5-7-11-22/h5-17H,4,18-19H2,1-3H3. The lowest BCUT2D eigenvalue weighted by Gasteiger charge is -2.23. The van der Waals surface area contributed by atoms with Crippen molar-refractivity contribution in [2.45, 2.75) is 25.8 Å². The molecule has 0 saturated heterocycles. The molecule has 0 aromatic heterocycles. The van der Waals surface area contributed by atoms with E-state index in [0.29, 0.717) is 6.61 Å². The number of thioether (sulfide) groups is 1. The summed E-state index contributed by atoms with van der Waals surface area (Å²) in [6.45, 7) is 7.60. The minimum absolute atomic E-state index is 0.711. The zero-order chi connectivity index (χ0) is 19.8. The summed E-state index contributed by atoms with van der Waals surface area (Å²) >= 11 is 2.01. The summed E-state index contributed by atoms with van der Waals surface area (Å²) < 4.78 is 11.5. The van der Waals surface area contributed by atoms with Gasteiger partial charge in [-0.3, -0.25) is 0 Å². The van der Waals surface area contributed by atoms with Crippen LogP contribution in [0.1, 0.15) is 12.5 Å². The Morgan fingerprint density at radius 3 is 2.21 bits per heavy atom. The SMILES string of the molecule is CCOc1ccc([Si](C)(C)CSCc2cccc(Oc3ccccc3)c2)cc1. The highest BCUT2D eigenvalue weighted by Crippen LogP contribution is 2.25. The molecule has 0 bridgehead atoms. The molecule has 3 aromatic carbocycles. The van der Waals surface area contributed by atoms with Gasteiger partial charge in [-0.1, -0.05) is 60.7 Å². The molecular weight excluding hydrogens is 380 g/mol. The Kier molecular flexibility index (Phi) is 7.23. The van der Waals surface area contributed by atoms with Crippen LogP contribution in [0.3, 0.4) is 0 Å². The first-order valence-corrected chi connectivity index (χ1v) is 14.1. The van der Waals surface area contributed by atoms with Crippen molar-refractivity contribution >= 4 is 25.0 Å². The van der Waals surface area contributed by atoms with E-state index in [4.69, 9.17) is 9.47 Å². The van der Waals surface area contributed by atoms with Gasteiger partial charge in [-0.05, 0) is 54.3 Å².